The summed E-state index contributed by atoms with van der Waals surface area (Å²) in [7, 11) is 2.07. The predicted octanol–water partition coefficient (Wildman–Crippen LogP) is 2.82. The highest BCUT2D eigenvalue weighted by atomic mass is 35.5. The Balaban J connectivity index is 2.13. The zero-order valence-corrected chi connectivity index (χ0v) is 10.4. The summed E-state index contributed by atoms with van der Waals surface area (Å²) < 4.78 is 0. The van der Waals surface area contributed by atoms with E-state index in [-0.39, 0.29) is 0 Å². The van der Waals surface area contributed by atoms with Crippen molar-refractivity contribution < 1.29 is 0 Å². The van der Waals surface area contributed by atoms with Crippen LogP contribution < -0.4 is 5.01 Å². The maximum atomic E-state index is 5.86. The van der Waals surface area contributed by atoms with E-state index in [1.165, 1.54) is 0 Å². The van der Waals surface area contributed by atoms with E-state index in [2.05, 4.69) is 24.0 Å². The van der Waals surface area contributed by atoms with Crippen LogP contribution in [0.4, 0.5) is 5.69 Å². The van der Waals surface area contributed by atoms with Crippen molar-refractivity contribution in [2.24, 2.45) is 5.10 Å². The number of hydrogen-bond acceptors (Lipinski definition) is 3. The Bertz CT molecular complexity index is 386. The number of hydrogen-bond donors (Lipinski definition) is 0. The van der Waals surface area contributed by atoms with Crippen molar-refractivity contribution in [3.05, 3.63) is 29.3 Å². The first-order valence-electron chi connectivity index (χ1n) is 5.52. The van der Waals surface area contributed by atoms with Crippen molar-refractivity contribution in [2.75, 3.05) is 25.1 Å². The molecule has 0 amide bonds. The van der Waals surface area contributed by atoms with E-state index in [0.29, 0.717) is 0 Å². The molecule has 0 aliphatic carbocycles. The normalized spacial score (nSPS) is 15.2. The van der Waals surface area contributed by atoms with Crippen LogP contribution in [0.25, 0.3) is 0 Å². The average Bonchev–Trinajstić information content (AvgIpc) is 2.78. The van der Waals surface area contributed by atoms with Gasteiger partial charge in [-0.25, -0.2) is 0 Å². The third-order valence-corrected chi connectivity index (χ3v) is 3.07. The Hall–Kier alpha value is -1.22. The molecule has 3 nitrogen and oxygen atoms in total. The highest BCUT2D eigenvalue weighted by Crippen LogP contribution is 2.21. The molecule has 0 atom stereocenters. The van der Waals surface area contributed by atoms with Crippen molar-refractivity contribution >= 4 is 23.1 Å². The molecule has 0 aromatic heterocycles. The second-order valence-corrected chi connectivity index (χ2v) is 4.32. The zero-order chi connectivity index (χ0) is 11.5. The molecule has 16 heavy (non-hydrogen) atoms. The molecule has 0 saturated carbocycles. The minimum atomic E-state index is 0.762. The van der Waals surface area contributed by atoms with Crippen molar-refractivity contribution in [2.45, 2.75) is 13.3 Å². The largest absolute Gasteiger partial charge is 0.362 e. The van der Waals surface area contributed by atoms with Gasteiger partial charge in [0.25, 0.3) is 0 Å². The molecular weight excluding hydrogens is 222 g/mol. The van der Waals surface area contributed by atoms with Gasteiger partial charge >= 0.3 is 0 Å². The highest BCUT2D eigenvalue weighted by molar-refractivity contribution is 6.30. The lowest BCUT2D eigenvalue weighted by atomic mass is 10.3. The predicted molar refractivity (Wildman–Crippen MR) is 69.2 cm³/mol. The quantitative estimate of drug-likeness (QED) is 0.788. The summed E-state index contributed by atoms with van der Waals surface area (Å²) in [5.41, 5.74) is 1.10. The topological polar surface area (TPSA) is 18.8 Å². The fourth-order valence-corrected chi connectivity index (χ4v) is 1.82. The second-order valence-electron chi connectivity index (χ2n) is 3.88. The maximum Gasteiger partial charge on any atom is 0.127 e. The van der Waals surface area contributed by atoms with E-state index in [9.17, 15) is 0 Å². The third-order valence-electron chi connectivity index (χ3n) is 2.82. The first kappa shape index (κ1) is 11.3. The van der Waals surface area contributed by atoms with Crippen molar-refractivity contribution in [3.63, 3.8) is 0 Å². The first-order chi connectivity index (χ1) is 7.70. The molecule has 0 spiro atoms. The number of nitrogens with zero attached hydrogens (tertiary/aromatic N) is 3. The Morgan fingerprint density at radius 2 is 2.06 bits per heavy atom. The van der Waals surface area contributed by atoms with Gasteiger partial charge in [0, 0.05) is 31.6 Å². The van der Waals surface area contributed by atoms with Gasteiger partial charge in [0.2, 0.25) is 0 Å². The first-order valence-corrected chi connectivity index (χ1v) is 5.90. The molecule has 0 radical (unpaired) electrons. The summed E-state index contributed by atoms with van der Waals surface area (Å²) in [5, 5.41) is 7.38. The standard InChI is InChI=1S/C12H16ClN3/c1-3-15(2)12-8-9-16(14-12)11-6-4-10(13)5-7-11/h4-7H,3,8-9H2,1-2H3. The lowest BCUT2D eigenvalue weighted by Gasteiger charge is -2.15. The molecular formula is C12H16ClN3. The van der Waals surface area contributed by atoms with E-state index in [1.54, 1.807) is 0 Å². The summed E-state index contributed by atoms with van der Waals surface area (Å²) in [6.45, 7) is 4.07. The van der Waals surface area contributed by atoms with Crippen LogP contribution in [0, 0.1) is 0 Å². The minimum absolute atomic E-state index is 0.762. The monoisotopic (exact) mass is 237 g/mol. The fraction of sp³-hybridized carbons (Fsp3) is 0.417. The zero-order valence-electron chi connectivity index (χ0n) is 9.65. The van der Waals surface area contributed by atoms with Crippen LogP contribution in [-0.4, -0.2) is 30.9 Å². The summed E-state index contributed by atoms with van der Waals surface area (Å²) in [6.07, 6.45) is 1.01. The minimum Gasteiger partial charge on any atom is -0.362 e. The van der Waals surface area contributed by atoms with Crippen LogP contribution in [0.5, 0.6) is 0 Å². The van der Waals surface area contributed by atoms with Crippen LogP contribution in [0.2, 0.25) is 5.02 Å². The maximum absolute atomic E-state index is 5.86. The number of benzene rings is 1. The van der Waals surface area contributed by atoms with Gasteiger partial charge < -0.3 is 4.90 Å². The Morgan fingerprint density at radius 3 is 2.69 bits per heavy atom. The van der Waals surface area contributed by atoms with Gasteiger partial charge in [-0.15, -0.1) is 0 Å². The molecule has 0 fully saturated rings. The third kappa shape index (κ3) is 2.30. The number of hydrazone groups is 1. The van der Waals surface area contributed by atoms with Gasteiger partial charge in [-0.2, -0.15) is 5.10 Å². The van der Waals surface area contributed by atoms with Gasteiger partial charge in [0.1, 0.15) is 5.84 Å². The summed E-state index contributed by atoms with van der Waals surface area (Å²) >= 11 is 5.86. The number of amidine groups is 1. The average molecular weight is 238 g/mol. The molecule has 1 aromatic rings. The smallest absolute Gasteiger partial charge is 0.127 e. The molecule has 1 aliphatic rings. The highest BCUT2D eigenvalue weighted by Gasteiger charge is 2.17. The molecule has 0 unspecified atom stereocenters. The van der Waals surface area contributed by atoms with Gasteiger partial charge in [-0.05, 0) is 31.2 Å². The van der Waals surface area contributed by atoms with E-state index < -0.39 is 0 Å². The van der Waals surface area contributed by atoms with E-state index in [1.807, 2.05) is 29.3 Å². The molecule has 4 heteroatoms. The van der Waals surface area contributed by atoms with Crippen LogP contribution in [0.15, 0.2) is 29.4 Å². The Kier molecular flexibility index (Phi) is 3.34. The van der Waals surface area contributed by atoms with Gasteiger partial charge in [-0.1, -0.05) is 11.6 Å². The SMILES string of the molecule is CCN(C)C1=NN(c2ccc(Cl)cc2)CC1. The molecule has 1 aliphatic heterocycles. The molecule has 0 saturated heterocycles. The van der Waals surface area contributed by atoms with Crippen molar-refractivity contribution in [1.29, 1.82) is 0 Å². The van der Waals surface area contributed by atoms with Gasteiger partial charge in [-0.3, -0.25) is 5.01 Å². The summed E-state index contributed by atoms with van der Waals surface area (Å²) in [4.78, 5) is 2.18. The van der Waals surface area contributed by atoms with E-state index in [0.717, 1.165) is 36.1 Å². The van der Waals surface area contributed by atoms with Crippen LogP contribution in [-0.2, 0) is 0 Å². The lowest BCUT2D eigenvalue weighted by molar-refractivity contribution is 0.528. The molecule has 2 rings (SSSR count). The van der Waals surface area contributed by atoms with E-state index >= 15 is 0 Å². The van der Waals surface area contributed by atoms with Crippen molar-refractivity contribution in [1.82, 2.24) is 4.90 Å². The lowest BCUT2D eigenvalue weighted by Crippen LogP contribution is -2.24. The molecule has 1 aromatic carbocycles. The number of halogens is 1. The Morgan fingerprint density at radius 1 is 1.38 bits per heavy atom. The van der Waals surface area contributed by atoms with Crippen LogP contribution in [0.3, 0.4) is 0 Å². The molecule has 0 bridgehead atoms. The second kappa shape index (κ2) is 4.74. The van der Waals surface area contributed by atoms with E-state index in [4.69, 9.17) is 11.6 Å². The Labute approximate surface area is 101 Å². The number of rotatable bonds is 2. The van der Waals surface area contributed by atoms with Crippen molar-refractivity contribution in [3.8, 4) is 0 Å². The molecule has 0 N–H and O–H groups in total. The summed E-state index contributed by atoms with van der Waals surface area (Å²) in [6, 6.07) is 7.79. The fourth-order valence-electron chi connectivity index (χ4n) is 1.69. The number of anilines is 1. The summed E-state index contributed by atoms with van der Waals surface area (Å²) in [5.74, 6) is 1.15. The van der Waals surface area contributed by atoms with Crippen LogP contribution >= 0.6 is 11.6 Å². The molecule has 1 heterocycles. The molecule has 86 valence electrons. The van der Waals surface area contributed by atoms with Crippen LogP contribution in [0.1, 0.15) is 13.3 Å². The van der Waals surface area contributed by atoms with Gasteiger partial charge in [0.05, 0.1) is 5.69 Å². The van der Waals surface area contributed by atoms with Gasteiger partial charge in [0.15, 0.2) is 0 Å².